The minimum atomic E-state index is -4.54. The van der Waals surface area contributed by atoms with Gasteiger partial charge in [-0.05, 0) is 49.7 Å². The molecule has 2 N–H and O–H groups in total. The second-order valence-electron chi connectivity index (χ2n) is 10.8. The molecule has 1 aromatic heterocycles. The number of aromatic nitrogens is 3. The number of nitrogens with zero attached hydrogens (tertiary/aromatic N) is 4. The van der Waals surface area contributed by atoms with Gasteiger partial charge in [-0.25, -0.2) is 19.1 Å². The van der Waals surface area contributed by atoms with Crippen LogP contribution in [0.2, 0.25) is 0 Å². The maximum absolute atomic E-state index is 13.4. The predicted molar refractivity (Wildman–Crippen MR) is 142 cm³/mol. The fraction of sp³-hybridized carbons (Fsp3) is 0.593. The summed E-state index contributed by atoms with van der Waals surface area (Å²) in [5.74, 6) is -0.821. The number of carbonyl (C=O) groups is 1. The number of halogens is 3. The molecule has 1 aromatic rings. The number of carboxylic acid groups (broad SMARTS) is 1. The van der Waals surface area contributed by atoms with Gasteiger partial charge in [0.1, 0.15) is 11.5 Å². The van der Waals surface area contributed by atoms with Gasteiger partial charge in [0.15, 0.2) is 5.90 Å². The number of rotatable bonds is 8. The number of aliphatic imine (C=N–C) groups is 1. The Bertz CT molecular complexity index is 1350. The van der Waals surface area contributed by atoms with E-state index >= 15 is 0 Å². The normalized spacial score (nSPS) is 24.0. The zero-order chi connectivity index (χ0) is 29.0. The molecule has 1 saturated carbocycles. The summed E-state index contributed by atoms with van der Waals surface area (Å²) in [4.78, 5) is 45.3. The fourth-order valence-corrected chi connectivity index (χ4v) is 4.99. The Kier molecular flexibility index (Phi) is 8.99. The van der Waals surface area contributed by atoms with Crippen LogP contribution in [0.5, 0.6) is 0 Å². The van der Waals surface area contributed by atoms with Gasteiger partial charge in [-0.15, -0.1) is 0 Å². The Morgan fingerprint density at radius 2 is 1.93 bits per heavy atom. The molecule has 0 amide bonds. The van der Waals surface area contributed by atoms with E-state index in [-0.39, 0.29) is 43.2 Å². The second-order valence-corrected chi connectivity index (χ2v) is 10.8. The van der Waals surface area contributed by atoms with Gasteiger partial charge in [-0.2, -0.15) is 18.2 Å². The van der Waals surface area contributed by atoms with Gasteiger partial charge in [0, 0.05) is 19.5 Å². The van der Waals surface area contributed by atoms with E-state index < -0.39 is 35.1 Å². The van der Waals surface area contributed by atoms with Crippen LogP contribution < -0.4 is 16.7 Å². The number of aliphatic carboxylic acids is 1. The third-order valence-corrected chi connectivity index (χ3v) is 7.45. The summed E-state index contributed by atoms with van der Waals surface area (Å²) in [6.45, 7) is 3.67. The van der Waals surface area contributed by atoms with Crippen molar-refractivity contribution in [3.63, 3.8) is 0 Å². The van der Waals surface area contributed by atoms with E-state index in [0.717, 1.165) is 36.3 Å². The van der Waals surface area contributed by atoms with E-state index in [1.807, 2.05) is 0 Å². The average molecular weight is 566 g/mol. The third-order valence-electron chi connectivity index (χ3n) is 7.45. The van der Waals surface area contributed by atoms with Gasteiger partial charge >= 0.3 is 23.5 Å². The monoisotopic (exact) mass is 565 g/mol. The van der Waals surface area contributed by atoms with Crippen LogP contribution in [0.1, 0.15) is 58.8 Å². The van der Waals surface area contributed by atoms with Crippen molar-refractivity contribution >= 4 is 17.8 Å². The number of anilines is 1. The van der Waals surface area contributed by atoms with Crippen LogP contribution in [-0.2, 0) is 22.6 Å². The molecule has 40 heavy (non-hydrogen) atoms. The molecule has 2 aliphatic carbocycles. The van der Waals surface area contributed by atoms with Crippen molar-refractivity contribution in [1.29, 1.82) is 0 Å². The van der Waals surface area contributed by atoms with Crippen molar-refractivity contribution in [2.45, 2.75) is 84.1 Å². The highest BCUT2D eigenvalue weighted by Crippen LogP contribution is 2.31. The molecule has 2 atom stereocenters. The van der Waals surface area contributed by atoms with Crippen LogP contribution in [0.4, 0.5) is 19.1 Å². The molecular weight excluding hydrogens is 531 g/mol. The van der Waals surface area contributed by atoms with Crippen molar-refractivity contribution in [3.05, 3.63) is 56.7 Å². The lowest BCUT2D eigenvalue weighted by atomic mass is 9.83. The Labute approximate surface area is 229 Å². The SMILES string of the molecule is CC1CCC(Cn2c(NC3C=CC(OC4=NC(C(F)(F)F)=CCC4)=CC3)nc(=O)n(C[C@H](C)C(=O)O)c2=O)CC1. The maximum atomic E-state index is 13.4. The van der Waals surface area contributed by atoms with Gasteiger partial charge in [0.05, 0.1) is 12.0 Å². The topological polar surface area (TPSA) is 128 Å². The van der Waals surface area contributed by atoms with Crippen LogP contribution in [0, 0.1) is 17.8 Å². The van der Waals surface area contributed by atoms with Crippen LogP contribution >= 0.6 is 0 Å². The van der Waals surface area contributed by atoms with Gasteiger partial charge in [0.2, 0.25) is 5.95 Å². The minimum Gasteiger partial charge on any atom is -0.481 e. The molecule has 0 saturated heterocycles. The second kappa shape index (κ2) is 12.3. The molecule has 1 unspecified atom stereocenters. The number of ether oxygens (including phenoxy) is 1. The first kappa shape index (κ1) is 29.3. The molecule has 0 bridgehead atoms. The lowest BCUT2D eigenvalue weighted by Crippen LogP contribution is -2.46. The molecule has 3 aliphatic rings. The van der Waals surface area contributed by atoms with Crippen molar-refractivity contribution in [2.75, 3.05) is 5.32 Å². The van der Waals surface area contributed by atoms with Crippen molar-refractivity contribution in [3.8, 4) is 0 Å². The number of nitrogens with one attached hydrogen (secondary N) is 1. The lowest BCUT2D eigenvalue weighted by molar-refractivity contribution is -0.141. The van der Waals surface area contributed by atoms with Crippen molar-refractivity contribution in [2.24, 2.45) is 22.7 Å². The first-order valence-corrected chi connectivity index (χ1v) is 13.5. The van der Waals surface area contributed by atoms with Crippen molar-refractivity contribution < 1.29 is 27.8 Å². The van der Waals surface area contributed by atoms with E-state index in [0.29, 0.717) is 24.6 Å². The Balaban J connectivity index is 1.51. The Morgan fingerprint density at radius 3 is 2.55 bits per heavy atom. The van der Waals surface area contributed by atoms with E-state index in [1.54, 1.807) is 18.2 Å². The summed E-state index contributed by atoms with van der Waals surface area (Å²) in [6, 6.07) is -0.371. The average Bonchev–Trinajstić information content (AvgIpc) is 2.90. The van der Waals surface area contributed by atoms with Crippen LogP contribution in [0.15, 0.2) is 50.3 Å². The first-order valence-electron chi connectivity index (χ1n) is 13.5. The molecule has 218 valence electrons. The molecule has 0 spiro atoms. The molecular formula is C27H34F3N5O5. The summed E-state index contributed by atoms with van der Waals surface area (Å²) >= 11 is 0. The number of allylic oxidation sites excluding steroid dienone is 3. The maximum Gasteiger partial charge on any atom is 0.433 e. The summed E-state index contributed by atoms with van der Waals surface area (Å²) < 4.78 is 46.8. The van der Waals surface area contributed by atoms with Crippen LogP contribution in [-0.4, -0.2) is 43.3 Å². The van der Waals surface area contributed by atoms with Gasteiger partial charge in [0.25, 0.3) is 0 Å². The zero-order valence-corrected chi connectivity index (χ0v) is 22.5. The zero-order valence-electron chi connectivity index (χ0n) is 22.5. The number of carboxylic acids is 1. The number of hydrogen-bond donors (Lipinski definition) is 2. The molecule has 1 aliphatic heterocycles. The quantitative estimate of drug-likeness (QED) is 0.483. The van der Waals surface area contributed by atoms with Crippen molar-refractivity contribution in [1.82, 2.24) is 14.1 Å². The predicted octanol–water partition coefficient (Wildman–Crippen LogP) is 4.23. The molecule has 10 nitrogen and oxygen atoms in total. The smallest absolute Gasteiger partial charge is 0.433 e. The lowest BCUT2D eigenvalue weighted by Gasteiger charge is -2.28. The highest BCUT2D eigenvalue weighted by atomic mass is 19.4. The van der Waals surface area contributed by atoms with E-state index in [2.05, 4.69) is 22.2 Å². The Morgan fingerprint density at radius 1 is 1.20 bits per heavy atom. The van der Waals surface area contributed by atoms with Gasteiger partial charge < -0.3 is 15.2 Å². The highest BCUT2D eigenvalue weighted by molar-refractivity contribution is 5.79. The first-order chi connectivity index (χ1) is 18.9. The van der Waals surface area contributed by atoms with E-state index in [1.165, 1.54) is 11.5 Å². The van der Waals surface area contributed by atoms with Crippen LogP contribution in [0.3, 0.4) is 0 Å². The molecule has 2 heterocycles. The number of hydrogen-bond acceptors (Lipinski definition) is 7. The largest absolute Gasteiger partial charge is 0.481 e. The minimum absolute atomic E-state index is 0.0198. The van der Waals surface area contributed by atoms with Gasteiger partial charge in [-0.1, -0.05) is 38.8 Å². The summed E-state index contributed by atoms with van der Waals surface area (Å²) in [5, 5.41) is 12.4. The molecule has 13 heteroatoms. The molecule has 0 aromatic carbocycles. The van der Waals surface area contributed by atoms with E-state index in [9.17, 15) is 32.7 Å². The van der Waals surface area contributed by atoms with E-state index in [4.69, 9.17) is 4.74 Å². The standard InChI is InChI=1S/C27H34F3N5O5/c1-16-6-8-18(9-7-16)15-34-24(33-25(38)35(26(34)39)14-17(2)23(36)37)31-19-10-12-20(13-11-19)40-22-5-3-4-21(32-22)27(28,29)30/h4,10,12-13,16-19H,3,5-9,11,14-15H2,1-2H3,(H,36,37)(H,31,33,38)/t16?,17-,18?,19?/m0/s1. The summed E-state index contributed by atoms with van der Waals surface area (Å²) in [7, 11) is 0. The molecule has 1 fully saturated rings. The van der Waals surface area contributed by atoms with Gasteiger partial charge in [-0.3, -0.25) is 9.36 Å². The highest BCUT2D eigenvalue weighted by Gasteiger charge is 2.35. The summed E-state index contributed by atoms with van der Waals surface area (Å²) in [5.41, 5.74) is -2.42. The molecule has 4 rings (SSSR count). The summed E-state index contributed by atoms with van der Waals surface area (Å²) in [6.07, 6.45) is 6.21. The van der Waals surface area contributed by atoms with Crippen LogP contribution in [0.25, 0.3) is 0 Å². The Hall–Kier alpha value is -3.64. The molecule has 0 radical (unpaired) electrons. The fourth-order valence-electron chi connectivity index (χ4n) is 4.99. The number of alkyl halides is 3. The third kappa shape index (κ3) is 7.30.